The van der Waals surface area contributed by atoms with Crippen molar-refractivity contribution in [2.45, 2.75) is 39.0 Å². The van der Waals surface area contributed by atoms with E-state index in [2.05, 4.69) is 13.0 Å². The summed E-state index contributed by atoms with van der Waals surface area (Å²) in [5.74, 6) is 0.760. The van der Waals surface area contributed by atoms with Crippen LogP contribution in [0.25, 0.3) is 0 Å². The number of hydrogen-bond acceptors (Lipinski definition) is 1. The topological polar surface area (TPSA) is 20.2 Å². The largest absolute Gasteiger partial charge is 0.396 e. The third-order valence-corrected chi connectivity index (χ3v) is 2.61. The van der Waals surface area contributed by atoms with Gasteiger partial charge in [-0.3, -0.25) is 0 Å². The normalized spacial score (nSPS) is 24.9. The summed E-state index contributed by atoms with van der Waals surface area (Å²) in [5, 5.41) is 8.72. The van der Waals surface area contributed by atoms with Gasteiger partial charge in [0, 0.05) is 6.61 Å². The van der Waals surface area contributed by atoms with Crippen LogP contribution in [0.4, 0.5) is 0 Å². The van der Waals surface area contributed by atoms with Crippen molar-refractivity contribution in [1.82, 2.24) is 0 Å². The highest BCUT2D eigenvalue weighted by atomic mass is 16.3. The lowest BCUT2D eigenvalue weighted by molar-refractivity contribution is 0.249. The molecule has 11 heavy (non-hydrogen) atoms. The Morgan fingerprint density at radius 3 is 2.91 bits per heavy atom. The third-order valence-electron chi connectivity index (χ3n) is 2.61. The van der Waals surface area contributed by atoms with E-state index in [1.165, 1.54) is 25.7 Å². The standard InChI is InChI=1S/C10H18O/c1-2-9-3-5-10(6-4-9)7-8-11/h3,10-11H,2,4-8H2,1H3/t10-/m1/s1. The quantitative estimate of drug-likeness (QED) is 0.619. The van der Waals surface area contributed by atoms with Crippen molar-refractivity contribution in [2.75, 3.05) is 6.61 Å². The fourth-order valence-electron chi connectivity index (χ4n) is 1.71. The Labute approximate surface area is 69.1 Å². The Kier molecular flexibility index (Phi) is 3.64. The number of rotatable bonds is 3. The van der Waals surface area contributed by atoms with Gasteiger partial charge < -0.3 is 5.11 Å². The van der Waals surface area contributed by atoms with Crippen LogP contribution in [0.15, 0.2) is 11.6 Å². The van der Waals surface area contributed by atoms with Gasteiger partial charge in [-0.25, -0.2) is 0 Å². The van der Waals surface area contributed by atoms with Gasteiger partial charge in [0.05, 0.1) is 0 Å². The van der Waals surface area contributed by atoms with E-state index < -0.39 is 0 Å². The van der Waals surface area contributed by atoms with E-state index in [4.69, 9.17) is 5.11 Å². The summed E-state index contributed by atoms with van der Waals surface area (Å²) >= 11 is 0. The predicted octanol–water partition coefficient (Wildman–Crippen LogP) is 2.51. The molecule has 0 heterocycles. The minimum Gasteiger partial charge on any atom is -0.396 e. The van der Waals surface area contributed by atoms with E-state index in [1.54, 1.807) is 5.57 Å². The van der Waals surface area contributed by atoms with E-state index >= 15 is 0 Å². The summed E-state index contributed by atoms with van der Waals surface area (Å²) in [5.41, 5.74) is 1.61. The molecular weight excluding hydrogens is 136 g/mol. The third kappa shape index (κ3) is 2.66. The Balaban J connectivity index is 2.29. The van der Waals surface area contributed by atoms with Crippen LogP contribution < -0.4 is 0 Å². The second kappa shape index (κ2) is 4.55. The molecule has 1 aliphatic carbocycles. The summed E-state index contributed by atoms with van der Waals surface area (Å²) in [6.45, 7) is 2.58. The molecule has 1 atom stereocenters. The van der Waals surface area contributed by atoms with Crippen molar-refractivity contribution in [3.05, 3.63) is 11.6 Å². The van der Waals surface area contributed by atoms with Crippen LogP contribution in [0, 0.1) is 5.92 Å². The highest BCUT2D eigenvalue weighted by Crippen LogP contribution is 2.26. The first-order valence-electron chi connectivity index (χ1n) is 4.65. The molecule has 64 valence electrons. The fourth-order valence-corrected chi connectivity index (χ4v) is 1.71. The fraction of sp³-hybridized carbons (Fsp3) is 0.800. The molecule has 0 aliphatic heterocycles. The molecule has 0 saturated carbocycles. The highest BCUT2D eigenvalue weighted by molar-refractivity contribution is 5.05. The van der Waals surface area contributed by atoms with Gasteiger partial charge in [0.2, 0.25) is 0 Å². The van der Waals surface area contributed by atoms with Gasteiger partial charge in [0.15, 0.2) is 0 Å². The lowest BCUT2D eigenvalue weighted by Crippen LogP contribution is -2.07. The van der Waals surface area contributed by atoms with Gasteiger partial charge in [0.1, 0.15) is 0 Å². The molecule has 0 aromatic heterocycles. The lowest BCUT2D eigenvalue weighted by atomic mass is 9.87. The molecular formula is C10H18O. The molecule has 0 aromatic rings. The van der Waals surface area contributed by atoms with Crippen LogP contribution in [-0.4, -0.2) is 11.7 Å². The molecule has 0 saturated heterocycles. The van der Waals surface area contributed by atoms with E-state index in [9.17, 15) is 0 Å². The molecule has 1 aliphatic rings. The van der Waals surface area contributed by atoms with Crippen molar-refractivity contribution < 1.29 is 5.11 Å². The smallest absolute Gasteiger partial charge is 0.0433 e. The Bertz CT molecular complexity index is 138. The molecule has 0 amide bonds. The maximum Gasteiger partial charge on any atom is 0.0433 e. The number of hydrogen-bond donors (Lipinski definition) is 1. The van der Waals surface area contributed by atoms with Crippen LogP contribution >= 0.6 is 0 Å². The first kappa shape index (κ1) is 8.79. The number of aliphatic hydroxyl groups is 1. The zero-order valence-corrected chi connectivity index (χ0v) is 7.34. The average Bonchev–Trinajstić information content (AvgIpc) is 2.07. The van der Waals surface area contributed by atoms with Crippen molar-refractivity contribution in [3.8, 4) is 0 Å². The maximum absolute atomic E-state index is 8.72. The van der Waals surface area contributed by atoms with Crippen LogP contribution in [0.3, 0.4) is 0 Å². The zero-order chi connectivity index (χ0) is 8.10. The van der Waals surface area contributed by atoms with E-state index in [-0.39, 0.29) is 0 Å². The molecule has 1 N–H and O–H groups in total. The Morgan fingerprint density at radius 2 is 2.45 bits per heavy atom. The van der Waals surface area contributed by atoms with Crippen molar-refractivity contribution in [3.63, 3.8) is 0 Å². The molecule has 0 spiro atoms. The predicted molar refractivity (Wildman–Crippen MR) is 47.4 cm³/mol. The Hall–Kier alpha value is -0.300. The van der Waals surface area contributed by atoms with E-state index in [0.717, 1.165) is 12.3 Å². The monoisotopic (exact) mass is 154 g/mol. The molecule has 0 unspecified atom stereocenters. The summed E-state index contributed by atoms with van der Waals surface area (Å²) in [7, 11) is 0. The van der Waals surface area contributed by atoms with Crippen molar-refractivity contribution in [1.29, 1.82) is 0 Å². The lowest BCUT2D eigenvalue weighted by Gasteiger charge is -2.20. The molecule has 1 rings (SSSR count). The van der Waals surface area contributed by atoms with Crippen molar-refractivity contribution in [2.24, 2.45) is 5.92 Å². The molecule has 1 heteroatoms. The maximum atomic E-state index is 8.72. The van der Waals surface area contributed by atoms with Gasteiger partial charge in [-0.1, -0.05) is 18.6 Å². The van der Waals surface area contributed by atoms with Gasteiger partial charge in [0.25, 0.3) is 0 Å². The summed E-state index contributed by atoms with van der Waals surface area (Å²) in [4.78, 5) is 0. The highest BCUT2D eigenvalue weighted by Gasteiger charge is 2.12. The van der Waals surface area contributed by atoms with Gasteiger partial charge in [-0.15, -0.1) is 0 Å². The average molecular weight is 154 g/mol. The number of allylic oxidation sites excluding steroid dienone is 2. The molecule has 0 bridgehead atoms. The molecule has 0 fully saturated rings. The SMILES string of the molecule is CCC1=CC[C@@H](CCO)CC1. The second-order valence-electron chi connectivity index (χ2n) is 3.37. The van der Waals surface area contributed by atoms with E-state index in [0.29, 0.717) is 6.61 Å². The Morgan fingerprint density at radius 1 is 1.64 bits per heavy atom. The van der Waals surface area contributed by atoms with Crippen LogP contribution in [0.2, 0.25) is 0 Å². The number of aliphatic hydroxyl groups excluding tert-OH is 1. The van der Waals surface area contributed by atoms with Crippen LogP contribution in [0.5, 0.6) is 0 Å². The van der Waals surface area contributed by atoms with Crippen LogP contribution in [-0.2, 0) is 0 Å². The first-order valence-corrected chi connectivity index (χ1v) is 4.65. The molecule has 0 radical (unpaired) electrons. The molecule has 1 nitrogen and oxygen atoms in total. The minimum atomic E-state index is 0.361. The second-order valence-corrected chi connectivity index (χ2v) is 3.37. The summed E-state index contributed by atoms with van der Waals surface area (Å²) in [6.07, 6.45) is 8.33. The van der Waals surface area contributed by atoms with Crippen LogP contribution in [0.1, 0.15) is 39.0 Å². The summed E-state index contributed by atoms with van der Waals surface area (Å²) < 4.78 is 0. The summed E-state index contributed by atoms with van der Waals surface area (Å²) in [6, 6.07) is 0. The van der Waals surface area contributed by atoms with Gasteiger partial charge in [-0.2, -0.15) is 0 Å². The van der Waals surface area contributed by atoms with Gasteiger partial charge >= 0.3 is 0 Å². The zero-order valence-electron chi connectivity index (χ0n) is 7.34. The van der Waals surface area contributed by atoms with Crippen molar-refractivity contribution >= 4 is 0 Å². The minimum absolute atomic E-state index is 0.361. The van der Waals surface area contributed by atoms with E-state index in [1.807, 2.05) is 0 Å². The van der Waals surface area contributed by atoms with Gasteiger partial charge in [-0.05, 0) is 38.0 Å². The molecule has 0 aromatic carbocycles. The first-order chi connectivity index (χ1) is 5.36.